The molecule has 3 amide bonds. The summed E-state index contributed by atoms with van der Waals surface area (Å²) >= 11 is 0. The number of halogens is 4. The molecule has 0 saturated carbocycles. The van der Waals surface area contributed by atoms with Gasteiger partial charge in [0, 0.05) is 0 Å². The number of hydrogen-bond acceptors (Lipinski definition) is 3. The van der Waals surface area contributed by atoms with Crippen LogP contribution < -0.4 is 15.1 Å². The van der Waals surface area contributed by atoms with Gasteiger partial charge in [-0.1, -0.05) is 0 Å². The third kappa shape index (κ3) is 2.42. The number of carbonyl (C=O) groups is 2. The zero-order chi connectivity index (χ0) is 17.5. The number of hydrogen-bond donors (Lipinski definition) is 2. The molecule has 24 heavy (non-hydrogen) atoms. The highest BCUT2D eigenvalue weighted by Crippen LogP contribution is 2.34. The maximum atomic E-state index is 13.8. The fourth-order valence-electron chi connectivity index (χ4n) is 2.98. The molecule has 1 aromatic rings. The van der Waals surface area contributed by atoms with E-state index in [1.807, 2.05) is 5.32 Å². The Morgan fingerprint density at radius 1 is 1.12 bits per heavy atom. The molecule has 0 aromatic heterocycles. The first-order chi connectivity index (χ1) is 11.3. The Kier molecular flexibility index (Phi) is 3.96. The average Bonchev–Trinajstić information content (AvgIpc) is 2.81. The Morgan fingerprint density at radius 3 is 2.25 bits per heavy atom. The van der Waals surface area contributed by atoms with Gasteiger partial charge in [-0.3, -0.25) is 15.0 Å². The summed E-state index contributed by atoms with van der Waals surface area (Å²) in [5.41, 5.74) is -3.19. The van der Waals surface area contributed by atoms with Crippen molar-refractivity contribution in [2.75, 3.05) is 31.2 Å². The van der Waals surface area contributed by atoms with E-state index in [2.05, 4.69) is 0 Å². The number of rotatable bonds is 2. The first-order valence-corrected chi connectivity index (χ1v) is 7.19. The molecule has 1 atom stereocenters. The molecule has 10 heteroatoms. The highest BCUT2D eigenvalue weighted by Gasteiger charge is 2.75. The molecule has 130 valence electrons. The predicted molar refractivity (Wildman–Crippen MR) is 72.7 cm³/mol. The Morgan fingerprint density at radius 2 is 1.71 bits per heavy atom. The number of anilines is 1. The number of ether oxygens (including phenoxy) is 1. The Bertz CT molecular complexity index is 658. The second kappa shape index (κ2) is 5.71. The predicted octanol–water partition coefficient (Wildman–Crippen LogP) is 0.0556. The Labute approximate surface area is 134 Å². The highest BCUT2D eigenvalue weighted by molar-refractivity contribution is 6.22. The van der Waals surface area contributed by atoms with E-state index in [1.165, 1.54) is 0 Å². The van der Waals surface area contributed by atoms with Crippen molar-refractivity contribution in [2.24, 2.45) is 0 Å². The summed E-state index contributed by atoms with van der Waals surface area (Å²) < 4.78 is 59.4. The van der Waals surface area contributed by atoms with Gasteiger partial charge in [0.05, 0.1) is 18.9 Å². The van der Waals surface area contributed by atoms with E-state index < -0.39 is 29.6 Å². The molecule has 2 aliphatic rings. The molecule has 0 spiro atoms. The van der Waals surface area contributed by atoms with E-state index in [9.17, 15) is 27.2 Å². The maximum Gasteiger partial charge on any atom is 0.476 e. The number of imide groups is 1. The molecule has 2 fully saturated rings. The van der Waals surface area contributed by atoms with Crippen LogP contribution in [0.25, 0.3) is 0 Å². The number of amides is 3. The zero-order valence-corrected chi connectivity index (χ0v) is 12.3. The minimum Gasteiger partial charge on any atom is -0.370 e. The van der Waals surface area contributed by atoms with Gasteiger partial charge in [-0.15, -0.1) is 0 Å². The molecular weight excluding hydrogens is 334 g/mol. The van der Waals surface area contributed by atoms with E-state index >= 15 is 0 Å². The Hall–Kier alpha value is -2.20. The van der Waals surface area contributed by atoms with Crippen molar-refractivity contribution >= 4 is 17.6 Å². The van der Waals surface area contributed by atoms with E-state index in [0.717, 1.165) is 24.3 Å². The molecule has 0 radical (unpaired) electrons. The fraction of sp³-hybridized carbons (Fsp3) is 0.429. The lowest BCUT2D eigenvalue weighted by Gasteiger charge is -2.37. The monoisotopic (exact) mass is 348 g/mol. The van der Waals surface area contributed by atoms with Gasteiger partial charge in [-0.2, -0.15) is 13.2 Å². The minimum absolute atomic E-state index is 0.0485. The second-order valence-corrected chi connectivity index (χ2v) is 5.51. The van der Waals surface area contributed by atoms with E-state index in [4.69, 9.17) is 4.74 Å². The van der Waals surface area contributed by atoms with Crippen LogP contribution in [0.15, 0.2) is 24.3 Å². The van der Waals surface area contributed by atoms with Crippen molar-refractivity contribution in [3.05, 3.63) is 30.1 Å². The third-order valence-electron chi connectivity index (χ3n) is 4.16. The van der Waals surface area contributed by atoms with Gasteiger partial charge in [-0.05, 0) is 24.3 Å². The summed E-state index contributed by atoms with van der Waals surface area (Å²) in [6.45, 7) is -0.0642. The average molecular weight is 348 g/mol. The van der Waals surface area contributed by atoms with Crippen LogP contribution >= 0.6 is 0 Å². The first kappa shape index (κ1) is 16.7. The number of morpholine rings is 1. The summed E-state index contributed by atoms with van der Waals surface area (Å²) in [6.07, 6.45) is -5.00. The van der Waals surface area contributed by atoms with E-state index in [-0.39, 0.29) is 36.9 Å². The van der Waals surface area contributed by atoms with Crippen LogP contribution in [-0.4, -0.2) is 50.1 Å². The lowest BCUT2D eigenvalue weighted by molar-refractivity contribution is -0.963. The van der Waals surface area contributed by atoms with Crippen LogP contribution in [0.4, 0.5) is 28.0 Å². The molecule has 6 nitrogen and oxygen atoms in total. The summed E-state index contributed by atoms with van der Waals surface area (Å²) in [6, 6.07) is 2.89. The molecule has 0 unspecified atom stereocenters. The van der Waals surface area contributed by atoms with Gasteiger partial charge in [0.25, 0.3) is 0 Å². The summed E-state index contributed by atoms with van der Waals surface area (Å²) in [5, 5.41) is 1.82. The van der Waals surface area contributed by atoms with Crippen molar-refractivity contribution < 1.29 is 36.8 Å². The van der Waals surface area contributed by atoms with Crippen LogP contribution in [0, 0.1) is 5.82 Å². The first-order valence-electron chi connectivity index (χ1n) is 7.19. The lowest BCUT2D eigenvalue weighted by atomic mass is 10.1. The third-order valence-corrected chi connectivity index (χ3v) is 4.16. The minimum atomic E-state index is -5.00. The number of nitrogens with one attached hydrogen (secondary N) is 2. The molecule has 0 aliphatic carbocycles. The normalized spacial score (nSPS) is 25.9. The lowest BCUT2D eigenvalue weighted by Crippen LogP contribution is -3.26. The van der Waals surface area contributed by atoms with Crippen molar-refractivity contribution in [3.8, 4) is 0 Å². The number of alkyl halides is 3. The molecule has 2 N–H and O–H groups in total. The molecule has 2 heterocycles. The van der Waals surface area contributed by atoms with Gasteiger partial charge in [0.1, 0.15) is 18.9 Å². The topological polar surface area (TPSA) is 63.1 Å². The van der Waals surface area contributed by atoms with Gasteiger partial charge in [-0.25, -0.2) is 14.1 Å². The molecule has 0 bridgehead atoms. The van der Waals surface area contributed by atoms with Crippen LogP contribution in [-0.2, 0) is 9.53 Å². The quantitative estimate of drug-likeness (QED) is 0.587. The number of benzene rings is 1. The summed E-state index contributed by atoms with van der Waals surface area (Å²) in [7, 11) is 0. The highest BCUT2D eigenvalue weighted by atomic mass is 19.4. The molecule has 3 rings (SSSR count). The molecular formula is C14H14F4N3O3+. The van der Waals surface area contributed by atoms with E-state index in [0.29, 0.717) is 4.90 Å². The fourth-order valence-corrected chi connectivity index (χ4v) is 2.98. The van der Waals surface area contributed by atoms with Crippen molar-refractivity contribution in [3.63, 3.8) is 0 Å². The standard InChI is InChI=1S/C14H13F4N3O3/c15-9-1-3-10(4-2-9)21-11(22)13(14(16,17)18,19-12(21)23)20-5-7-24-8-6-20/h1-4H,5-8H2,(H,19,23)/p+1/t13-/m1/s1. The summed E-state index contributed by atoms with van der Waals surface area (Å²) in [5.74, 6) is -2.06. The molecule has 1 aromatic carbocycles. The van der Waals surface area contributed by atoms with Crippen molar-refractivity contribution in [2.45, 2.75) is 11.8 Å². The maximum absolute atomic E-state index is 13.8. The largest absolute Gasteiger partial charge is 0.476 e. The second-order valence-electron chi connectivity index (χ2n) is 5.51. The number of carbonyl (C=O) groups excluding carboxylic acids is 2. The molecule has 2 saturated heterocycles. The molecule has 2 aliphatic heterocycles. The van der Waals surface area contributed by atoms with Gasteiger partial charge < -0.3 is 4.74 Å². The van der Waals surface area contributed by atoms with Crippen LogP contribution in [0.1, 0.15) is 0 Å². The van der Waals surface area contributed by atoms with Gasteiger partial charge in [0.2, 0.25) is 0 Å². The van der Waals surface area contributed by atoms with Crippen LogP contribution in [0.2, 0.25) is 0 Å². The van der Waals surface area contributed by atoms with Crippen LogP contribution in [0.3, 0.4) is 0 Å². The zero-order valence-electron chi connectivity index (χ0n) is 12.3. The smallest absolute Gasteiger partial charge is 0.370 e. The number of quaternary nitrogens is 1. The number of urea groups is 1. The van der Waals surface area contributed by atoms with Crippen molar-refractivity contribution in [1.82, 2.24) is 5.32 Å². The Balaban J connectivity index is 2.03. The van der Waals surface area contributed by atoms with Gasteiger partial charge >= 0.3 is 23.8 Å². The summed E-state index contributed by atoms with van der Waals surface area (Å²) in [4.78, 5) is 25.0. The number of nitrogens with zero attached hydrogens (tertiary/aromatic N) is 1. The SMILES string of the molecule is O=C1N[C@]([NH+]2CCOCC2)(C(F)(F)F)C(=O)N1c1ccc(F)cc1. The van der Waals surface area contributed by atoms with E-state index in [1.54, 1.807) is 0 Å². The van der Waals surface area contributed by atoms with Crippen LogP contribution in [0.5, 0.6) is 0 Å². The van der Waals surface area contributed by atoms with Gasteiger partial charge in [0.15, 0.2) is 0 Å². The van der Waals surface area contributed by atoms with Crippen molar-refractivity contribution in [1.29, 1.82) is 0 Å².